The monoisotopic (exact) mass is 406 g/mol. The molecular formula is C24H23ClN2O2. The van der Waals surface area contributed by atoms with E-state index in [2.05, 4.69) is 0 Å². The molecule has 5 heteroatoms. The number of carbonyl (C=O) groups excluding carboxylic acids is 1. The molecule has 0 aliphatic carbocycles. The van der Waals surface area contributed by atoms with Gasteiger partial charge in [0.15, 0.2) is 0 Å². The summed E-state index contributed by atoms with van der Waals surface area (Å²) < 4.78 is 5.60. The average Bonchev–Trinajstić information content (AvgIpc) is 2.70. The number of carbonyl (C=O) groups is 1. The number of rotatable bonds is 4. The molecule has 3 aromatic rings. The highest BCUT2D eigenvalue weighted by molar-refractivity contribution is 6.30. The number of halogens is 1. The maximum atomic E-state index is 13.0. The van der Waals surface area contributed by atoms with Crippen LogP contribution in [0, 0.1) is 0 Å². The third kappa shape index (κ3) is 5.69. The van der Waals surface area contributed by atoms with Crippen molar-refractivity contribution in [2.75, 3.05) is 5.01 Å². The van der Waals surface area contributed by atoms with Crippen LogP contribution in [0.3, 0.4) is 0 Å². The zero-order valence-corrected chi connectivity index (χ0v) is 17.4. The lowest BCUT2D eigenvalue weighted by molar-refractivity contribution is 0.0581. The van der Waals surface area contributed by atoms with Gasteiger partial charge in [0.25, 0.3) is 0 Å². The van der Waals surface area contributed by atoms with Crippen LogP contribution in [-0.4, -0.2) is 17.4 Å². The van der Waals surface area contributed by atoms with Gasteiger partial charge in [0, 0.05) is 16.1 Å². The second-order valence-corrected chi connectivity index (χ2v) is 7.89. The van der Waals surface area contributed by atoms with E-state index in [0.29, 0.717) is 16.4 Å². The van der Waals surface area contributed by atoms with Gasteiger partial charge >= 0.3 is 6.09 Å². The standard InChI is InChI=1S/C24H23ClN2O2/c1-24(2,3)29-23(28)27(21-16-14-20(25)15-17-21)26-22(18-10-6-4-7-11-18)19-12-8-5-9-13-19/h4-17H,1-3H3. The summed E-state index contributed by atoms with van der Waals surface area (Å²) in [5.74, 6) is 0. The Morgan fingerprint density at radius 2 is 1.31 bits per heavy atom. The average molecular weight is 407 g/mol. The van der Waals surface area contributed by atoms with Crippen molar-refractivity contribution in [3.05, 3.63) is 101 Å². The van der Waals surface area contributed by atoms with Crippen molar-refractivity contribution < 1.29 is 9.53 Å². The van der Waals surface area contributed by atoms with Gasteiger partial charge in [-0.3, -0.25) is 0 Å². The fourth-order valence-electron chi connectivity index (χ4n) is 2.67. The maximum absolute atomic E-state index is 13.0. The highest BCUT2D eigenvalue weighted by atomic mass is 35.5. The van der Waals surface area contributed by atoms with E-state index in [1.165, 1.54) is 5.01 Å². The van der Waals surface area contributed by atoms with Crippen molar-refractivity contribution in [2.45, 2.75) is 26.4 Å². The first-order valence-corrected chi connectivity index (χ1v) is 9.69. The SMILES string of the molecule is CC(C)(C)OC(=O)N(N=C(c1ccccc1)c1ccccc1)c1ccc(Cl)cc1. The molecule has 4 nitrogen and oxygen atoms in total. The number of hydrogen-bond donors (Lipinski definition) is 0. The van der Waals surface area contributed by atoms with Crippen molar-refractivity contribution in [1.29, 1.82) is 0 Å². The summed E-state index contributed by atoms with van der Waals surface area (Å²) in [5.41, 5.74) is 2.35. The minimum Gasteiger partial charge on any atom is -0.442 e. The van der Waals surface area contributed by atoms with E-state index in [9.17, 15) is 4.79 Å². The molecule has 3 aromatic carbocycles. The molecule has 0 radical (unpaired) electrons. The van der Waals surface area contributed by atoms with Crippen LogP contribution in [-0.2, 0) is 4.74 Å². The quantitative estimate of drug-likeness (QED) is 0.365. The van der Waals surface area contributed by atoms with E-state index in [4.69, 9.17) is 21.4 Å². The third-order valence-corrected chi connectivity index (χ3v) is 4.18. The van der Waals surface area contributed by atoms with E-state index in [-0.39, 0.29) is 0 Å². The number of benzene rings is 3. The van der Waals surface area contributed by atoms with Gasteiger partial charge < -0.3 is 4.74 Å². The summed E-state index contributed by atoms with van der Waals surface area (Å²) in [5, 5.41) is 6.58. The number of amides is 1. The first-order chi connectivity index (χ1) is 13.8. The molecular weight excluding hydrogens is 384 g/mol. The molecule has 3 rings (SSSR count). The van der Waals surface area contributed by atoms with Gasteiger partial charge in [-0.05, 0) is 45.0 Å². The molecule has 0 atom stereocenters. The van der Waals surface area contributed by atoms with E-state index in [0.717, 1.165) is 11.1 Å². The molecule has 0 saturated heterocycles. The molecule has 0 unspecified atom stereocenters. The lowest BCUT2D eigenvalue weighted by atomic mass is 10.0. The lowest BCUT2D eigenvalue weighted by Gasteiger charge is -2.25. The summed E-state index contributed by atoms with van der Waals surface area (Å²) in [6.07, 6.45) is -0.566. The number of anilines is 1. The Balaban J connectivity index is 2.14. The molecule has 0 spiro atoms. The maximum Gasteiger partial charge on any atom is 0.435 e. The van der Waals surface area contributed by atoms with E-state index in [1.807, 2.05) is 81.4 Å². The van der Waals surface area contributed by atoms with Crippen LogP contribution < -0.4 is 5.01 Å². The zero-order chi connectivity index (χ0) is 20.9. The second-order valence-electron chi connectivity index (χ2n) is 7.45. The Bertz CT molecular complexity index is 937. The van der Waals surface area contributed by atoms with Crippen LogP contribution in [0.15, 0.2) is 90.0 Å². The fraction of sp³-hybridized carbons (Fsp3) is 0.167. The number of ether oxygens (including phenoxy) is 1. The van der Waals surface area contributed by atoms with Crippen LogP contribution >= 0.6 is 11.6 Å². The van der Waals surface area contributed by atoms with Crippen molar-refractivity contribution in [3.63, 3.8) is 0 Å². The highest BCUT2D eigenvalue weighted by Gasteiger charge is 2.24. The summed E-state index contributed by atoms with van der Waals surface area (Å²) in [6, 6.07) is 26.4. The molecule has 0 aliphatic heterocycles. The number of nitrogens with zero attached hydrogens (tertiary/aromatic N) is 2. The van der Waals surface area contributed by atoms with Gasteiger partial charge in [-0.25, -0.2) is 4.79 Å². The summed E-state index contributed by atoms with van der Waals surface area (Å²) in [7, 11) is 0. The Kier molecular flexibility index (Phi) is 6.35. The van der Waals surface area contributed by atoms with Crippen molar-refractivity contribution in [2.24, 2.45) is 5.10 Å². The molecule has 0 aromatic heterocycles. The smallest absolute Gasteiger partial charge is 0.435 e. The van der Waals surface area contributed by atoms with Crippen LogP contribution in [0.4, 0.5) is 10.5 Å². The predicted molar refractivity (Wildman–Crippen MR) is 119 cm³/mol. The van der Waals surface area contributed by atoms with E-state index < -0.39 is 11.7 Å². The van der Waals surface area contributed by atoms with Crippen molar-refractivity contribution in [1.82, 2.24) is 0 Å². The Morgan fingerprint density at radius 3 is 1.76 bits per heavy atom. The molecule has 1 amide bonds. The first-order valence-electron chi connectivity index (χ1n) is 9.31. The van der Waals surface area contributed by atoms with Crippen LogP contribution in [0.25, 0.3) is 0 Å². The molecule has 148 valence electrons. The van der Waals surface area contributed by atoms with E-state index >= 15 is 0 Å². The zero-order valence-electron chi connectivity index (χ0n) is 16.7. The second kappa shape index (κ2) is 8.93. The summed E-state index contributed by atoms with van der Waals surface area (Å²) in [4.78, 5) is 13.0. The summed E-state index contributed by atoms with van der Waals surface area (Å²) >= 11 is 6.03. The Morgan fingerprint density at radius 1 is 0.828 bits per heavy atom. The lowest BCUT2D eigenvalue weighted by Crippen LogP contribution is -2.34. The van der Waals surface area contributed by atoms with Gasteiger partial charge in [-0.2, -0.15) is 10.1 Å². The summed E-state index contributed by atoms with van der Waals surface area (Å²) in [6.45, 7) is 5.47. The minimum absolute atomic E-state index is 0.563. The van der Waals surface area contributed by atoms with Gasteiger partial charge in [-0.1, -0.05) is 72.3 Å². The predicted octanol–water partition coefficient (Wildman–Crippen LogP) is 6.53. The van der Waals surface area contributed by atoms with Crippen molar-refractivity contribution >= 4 is 29.1 Å². The van der Waals surface area contributed by atoms with Crippen LogP contribution in [0.5, 0.6) is 0 Å². The molecule has 0 fully saturated rings. The Hall–Kier alpha value is -3.11. The van der Waals surface area contributed by atoms with Crippen LogP contribution in [0.1, 0.15) is 31.9 Å². The van der Waals surface area contributed by atoms with Crippen LogP contribution in [0.2, 0.25) is 5.02 Å². The van der Waals surface area contributed by atoms with Crippen molar-refractivity contribution in [3.8, 4) is 0 Å². The fourth-order valence-corrected chi connectivity index (χ4v) is 2.79. The molecule has 0 heterocycles. The van der Waals surface area contributed by atoms with Gasteiger partial charge in [0.1, 0.15) is 5.60 Å². The molecule has 0 aliphatic rings. The highest BCUT2D eigenvalue weighted by Crippen LogP contribution is 2.23. The first kappa shape index (κ1) is 20.6. The van der Waals surface area contributed by atoms with E-state index in [1.54, 1.807) is 24.3 Å². The number of hydrazone groups is 1. The van der Waals surface area contributed by atoms with Gasteiger partial charge in [0.2, 0.25) is 0 Å². The largest absolute Gasteiger partial charge is 0.442 e. The molecule has 0 N–H and O–H groups in total. The molecule has 0 bridgehead atoms. The number of hydrogen-bond acceptors (Lipinski definition) is 3. The van der Waals surface area contributed by atoms with Gasteiger partial charge in [0.05, 0.1) is 11.4 Å². The Labute approximate surface area is 176 Å². The minimum atomic E-state index is -0.656. The normalized spacial score (nSPS) is 10.9. The molecule has 29 heavy (non-hydrogen) atoms. The molecule has 0 saturated carbocycles. The topological polar surface area (TPSA) is 41.9 Å². The van der Waals surface area contributed by atoms with Gasteiger partial charge in [-0.15, -0.1) is 0 Å². The third-order valence-electron chi connectivity index (χ3n) is 3.93.